The third-order valence-electron chi connectivity index (χ3n) is 2.71. The number of hydrogen-bond donors (Lipinski definition) is 1. The summed E-state index contributed by atoms with van der Waals surface area (Å²) in [7, 11) is 0. The summed E-state index contributed by atoms with van der Waals surface area (Å²) in [5.41, 5.74) is 1.29. The normalized spacial score (nSPS) is 10.3. The van der Waals surface area contributed by atoms with Crippen molar-refractivity contribution in [3.8, 4) is 11.5 Å². The van der Waals surface area contributed by atoms with Gasteiger partial charge >= 0.3 is 5.69 Å². The second kappa shape index (κ2) is 5.90. The number of nitro groups is 1. The zero-order chi connectivity index (χ0) is 14.7. The highest BCUT2D eigenvalue weighted by Crippen LogP contribution is 2.35. The topological polar surface area (TPSA) is 72.6 Å². The van der Waals surface area contributed by atoms with Crippen molar-refractivity contribution in [3.05, 3.63) is 62.7 Å². The molecule has 0 aliphatic carbocycles. The maximum Gasteiger partial charge on any atom is 0.311 e. The van der Waals surface area contributed by atoms with Gasteiger partial charge in [-0.25, -0.2) is 0 Å². The van der Waals surface area contributed by atoms with Crippen molar-refractivity contribution in [1.29, 1.82) is 0 Å². The standard InChI is InChI=1S/C14H12ClNO4/c1-9-2-4-14(12(6-9)16(18)19)20-13-5-3-10(8-17)7-11(13)15/h2-7,17H,8H2,1H3. The Morgan fingerprint density at radius 3 is 2.55 bits per heavy atom. The van der Waals surface area contributed by atoms with Crippen molar-refractivity contribution in [2.45, 2.75) is 13.5 Å². The molecule has 0 aliphatic heterocycles. The lowest BCUT2D eigenvalue weighted by Crippen LogP contribution is -1.95. The third kappa shape index (κ3) is 3.07. The molecule has 0 heterocycles. The van der Waals surface area contributed by atoms with Crippen LogP contribution >= 0.6 is 11.6 Å². The molecule has 6 heteroatoms. The monoisotopic (exact) mass is 293 g/mol. The Hall–Kier alpha value is -2.11. The maximum absolute atomic E-state index is 11.0. The van der Waals surface area contributed by atoms with E-state index in [1.54, 1.807) is 31.2 Å². The Morgan fingerprint density at radius 2 is 1.95 bits per heavy atom. The molecule has 5 nitrogen and oxygen atoms in total. The molecule has 20 heavy (non-hydrogen) atoms. The number of ether oxygens (including phenoxy) is 1. The number of hydrogen-bond acceptors (Lipinski definition) is 4. The fourth-order valence-electron chi connectivity index (χ4n) is 1.70. The SMILES string of the molecule is Cc1ccc(Oc2ccc(CO)cc2Cl)c([N+](=O)[O-])c1. The van der Waals surface area contributed by atoms with E-state index < -0.39 is 4.92 Å². The maximum atomic E-state index is 11.0. The van der Waals surface area contributed by atoms with Gasteiger partial charge in [-0.15, -0.1) is 0 Å². The van der Waals surface area contributed by atoms with Crippen LogP contribution in [0.15, 0.2) is 36.4 Å². The number of aliphatic hydroxyl groups excluding tert-OH is 1. The van der Waals surface area contributed by atoms with Gasteiger partial charge in [0.1, 0.15) is 5.75 Å². The van der Waals surface area contributed by atoms with Gasteiger partial charge in [0.15, 0.2) is 0 Å². The molecule has 2 aromatic carbocycles. The van der Waals surface area contributed by atoms with Crippen LogP contribution in [0.3, 0.4) is 0 Å². The number of halogens is 1. The molecule has 0 unspecified atom stereocenters. The minimum absolute atomic E-state index is 0.118. The Morgan fingerprint density at radius 1 is 1.25 bits per heavy atom. The average molecular weight is 294 g/mol. The molecule has 0 spiro atoms. The summed E-state index contributed by atoms with van der Waals surface area (Å²) < 4.78 is 5.50. The molecule has 0 atom stereocenters. The molecular weight excluding hydrogens is 282 g/mol. The molecule has 0 amide bonds. The van der Waals surface area contributed by atoms with Crippen LogP contribution < -0.4 is 4.74 Å². The predicted molar refractivity (Wildman–Crippen MR) is 75.3 cm³/mol. The minimum Gasteiger partial charge on any atom is -0.449 e. The van der Waals surface area contributed by atoms with Crippen LogP contribution in [0.4, 0.5) is 5.69 Å². The van der Waals surface area contributed by atoms with Gasteiger partial charge in [-0.2, -0.15) is 0 Å². The number of aryl methyl sites for hydroxylation is 1. The zero-order valence-electron chi connectivity index (χ0n) is 10.7. The summed E-state index contributed by atoms with van der Waals surface area (Å²) in [6.45, 7) is 1.63. The molecule has 2 rings (SSSR count). The minimum atomic E-state index is -0.502. The largest absolute Gasteiger partial charge is 0.449 e. The van der Waals surface area contributed by atoms with E-state index in [1.165, 1.54) is 12.1 Å². The van der Waals surface area contributed by atoms with Crippen LogP contribution in [0, 0.1) is 17.0 Å². The lowest BCUT2D eigenvalue weighted by atomic mass is 10.2. The van der Waals surface area contributed by atoms with Gasteiger partial charge in [0.05, 0.1) is 16.6 Å². The Labute approximate surface area is 120 Å². The van der Waals surface area contributed by atoms with Gasteiger partial charge in [0, 0.05) is 6.07 Å². The van der Waals surface area contributed by atoms with Gasteiger partial charge in [-0.1, -0.05) is 23.7 Å². The van der Waals surface area contributed by atoms with E-state index in [2.05, 4.69) is 0 Å². The lowest BCUT2D eigenvalue weighted by molar-refractivity contribution is -0.385. The first-order chi connectivity index (χ1) is 9.51. The number of nitro benzene ring substituents is 1. The molecule has 0 radical (unpaired) electrons. The van der Waals surface area contributed by atoms with E-state index in [4.69, 9.17) is 21.4 Å². The highest BCUT2D eigenvalue weighted by molar-refractivity contribution is 6.32. The Balaban J connectivity index is 2.37. The van der Waals surface area contributed by atoms with E-state index in [-0.39, 0.29) is 23.1 Å². The average Bonchev–Trinajstić information content (AvgIpc) is 2.42. The van der Waals surface area contributed by atoms with Gasteiger partial charge < -0.3 is 9.84 Å². The summed E-state index contributed by atoms with van der Waals surface area (Å²) >= 11 is 6.02. The number of aliphatic hydroxyl groups is 1. The second-order valence-corrected chi connectivity index (χ2v) is 4.66. The van der Waals surface area contributed by atoms with Gasteiger partial charge in [0.2, 0.25) is 5.75 Å². The number of benzene rings is 2. The predicted octanol–water partition coefficient (Wildman–Crippen LogP) is 3.84. The summed E-state index contributed by atoms with van der Waals surface area (Å²) in [6.07, 6.45) is 0. The van der Waals surface area contributed by atoms with Crippen LogP contribution in [0.2, 0.25) is 5.02 Å². The molecule has 0 saturated carbocycles. The Bertz CT molecular complexity index is 658. The van der Waals surface area contributed by atoms with Gasteiger partial charge in [-0.05, 0) is 36.2 Å². The molecular formula is C14H12ClNO4. The van der Waals surface area contributed by atoms with Crippen LogP contribution in [-0.4, -0.2) is 10.0 Å². The van der Waals surface area contributed by atoms with Crippen molar-refractivity contribution in [2.75, 3.05) is 0 Å². The van der Waals surface area contributed by atoms with E-state index in [1.807, 2.05) is 0 Å². The highest BCUT2D eigenvalue weighted by Gasteiger charge is 2.17. The van der Waals surface area contributed by atoms with Crippen molar-refractivity contribution in [2.24, 2.45) is 0 Å². The Kier molecular flexibility index (Phi) is 4.22. The molecule has 1 N–H and O–H groups in total. The summed E-state index contributed by atoms with van der Waals surface area (Å²) in [4.78, 5) is 10.5. The number of rotatable bonds is 4. The van der Waals surface area contributed by atoms with Crippen molar-refractivity contribution < 1.29 is 14.8 Å². The third-order valence-corrected chi connectivity index (χ3v) is 3.01. The van der Waals surface area contributed by atoms with Gasteiger partial charge in [-0.3, -0.25) is 10.1 Å². The fraction of sp³-hybridized carbons (Fsp3) is 0.143. The molecule has 0 fully saturated rings. The molecule has 0 bridgehead atoms. The molecule has 2 aromatic rings. The second-order valence-electron chi connectivity index (χ2n) is 4.25. The molecule has 0 aliphatic rings. The zero-order valence-corrected chi connectivity index (χ0v) is 11.4. The van der Waals surface area contributed by atoms with E-state index in [0.29, 0.717) is 11.3 Å². The van der Waals surface area contributed by atoms with E-state index in [0.717, 1.165) is 5.56 Å². The van der Waals surface area contributed by atoms with Crippen LogP contribution in [0.1, 0.15) is 11.1 Å². The number of nitrogens with zero attached hydrogens (tertiary/aromatic N) is 1. The summed E-state index contributed by atoms with van der Waals surface area (Å²) in [5, 5.41) is 20.3. The first-order valence-electron chi connectivity index (χ1n) is 5.83. The summed E-state index contributed by atoms with van der Waals surface area (Å²) in [6, 6.07) is 9.45. The van der Waals surface area contributed by atoms with Crippen molar-refractivity contribution in [3.63, 3.8) is 0 Å². The quantitative estimate of drug-likeness (QED) is 0.686. The smallest absolute Gasteiger partial charge is 0.311 e. The summed E-state index contributed by atoms with van der Waals surface area (Å²) in [5.74, 6) is 0.426. The van der Waals surface area contributed by atoms with Crippen molar-refractivity contribution >= 4 is 17.3 Å². The van der Waals surface area contributed by atoms with Crippen LogP contribution in [0.25, 0.3) is 0 Å². The van der Waals surface area contributed by atoms with Gasteiger partial charge in [0.25, 0.3) is 0 Å². The highest BCUT2D eigenvalue weighted by atomic mass is 35.5. The molecule has 0 aromatic heterocycles. The van der Waals surface area contributed by atoms with E-state index >= 15 is 0 Å². The van der Waals surface area contributed by atoms with E-state index in [9.17, 15) is 10.1 Å². The van der Waals surface area contributed by atoms with Crippen molar-refractivity contribution in [1.82, 2.24) is 0 Å². The molecule has 104 valence electrons. The first kappa shape index (κ1) is 14.3. The first-order valence-corrected chi connectivity index (χ1v) is 6.21. The lowest BCUT2D eigenvalue weighted by Gasteiger charge is -2.09. The van der Waals surface area contributed by atoms with Crippen LogP contribution in [0.5, 0.6) is 11.5 Å². The van der Waals surface area contributed by atoms with Crippen LogP contribution in [-0.2, 0) is 6.61 Å². The fourth-order valence-corrected chi connectivity index (χ4v) is 1.94. The molecule has 0 saturated heterocycles.